The minimum absolute atomic E-state index is 0.0178. The third kappa shape index (κ3) is 4.20. The van der Waals surface area contributed by atoms with E-state index in [1.54, 1.807) is 0 Å². The van der Waals surface area contributed by atoms with Crippen molar-refractivity contribution in [1.29, 1.82) is 0 Å². The molecular formula is C23H34N2O3. The van der Waals surface area contributed by atoms with Crippen LogP contribution in [0.5, 0.6) is 5.75 Å². The Balaban J connectivity index is 1.48. The average Bonchev–Trinajstić information content (AvgIpc) is 2.69. The van der Waals surface area contributed by atoms with Gasteiger partial charge in [0.05, 0.1) is 19.3 Å². The molecule has 5 heteroatoms. The van der Waals surface area contributed by atoms with Crippen LogP contribution >= 0.6 is 0 Å². The van der Waals surface area contributed by atoms with Crippen LogP contribution < -0.4 is 10.1 Å². The van der Waals surface area contributed by atoms with Crippen molar-refractivity contribution in [3.05, 3.63) is 29.3 Å². The lowest BCUT2D eigenvalue weighted by Crippen LogP contribution is -2.64. The van der Waals surface area contributed by atoms with Gasteiger partial charge in [0.1, 0.15) is 11.4 Å². The number of aryl methyl sites for hydroxylation is 1. The quantitative estimate of drug-likeness (QED) is 0.862. The number of carbonyl (C=O) groups excluding carboxylic acids is 1. The van der Waals surface area contributed by atoms with Crippen LogP contribution in [0.4, 0.5) is 0 Å². The number of nitrogens with one attached hydrogen (secondary N) is 1. The van der Waals surface area contributed by atoms with E-state index in [4.69, 9.17) is 9.47 Å². The zero-order chi connectivity index (χ0) is 19.6. The zero-order valence-corrected chi connectivity index (χ0v) is 17.3. The molecule has 1 spiro atoms. The van der Waals surface area contributed by atoms with E-state index in [9.17, 15) is 4.79 Å². The Morgan fingerprint density at radius 3 is 3.04 bits per heavy atom. The van der Waals surface area contributed by atoms with Crippen LogP contribution in [0.3, 0.4) is 0 Å². The van der Waals surface area contributed by atoms with Crippen molar-refractivity contribution in [2.45, 2.75) is 64.0 Å². The highest BCUT2D eigenvalue weighted by Crippen LogP contribution is 2.35. The number of rotatable bonds is 4. The van der Waals surface area contributed by atoms with Gasteiger partial charge in [-0.25, -0.2) is 0 Å². The molecule has 3 aliphatic rings. The Bertz CT molecular complexity index is 701. The molecule has 2 fully saturated rings. The van der Waals surface area contributed by atoms with Crippen LogP contribution in [0.2, 0.25) is 0 Å². The van der Waals surface area contributed by atoms with Crippen LogP contribution in [-0.4, -0.2) is 55.3 Å². The molecule has 0 unspecified atom stereocenters. The molecule has 1 amide bonds. The molecule has 2 heterocycles. The topological polar surface area (TPSA) is 50.8 Å². The summed E-state index contributed by atoms with van der Waals surface area (Å²) < 4.78 is 12.1. The van der Waals surface area contributed by atoms with Gasteiger partial charge >= 0.3 is 0 Å². The number of ether oxygens (including phenoxy) is 2. The van der Waals surface area contributed by atoms with E-state index >= 15 is 0 Å². The molecule has 1 aliphatic carbocycles. The molecule has 4 rings (SSSR count). The first-order valence-electron chi connectivity index (χ1n) is 11.0. The second-order valence-electron chi connectivity index (χ2n) is 9.09. The van der Waals surface area contributed by atoms with Crippen molar-refractivity contribution in [3.63, 3.8) is 0 Å². The molecule has 5 nitrogen and oxygen atoms in total. The average molecular weight is 387 g/mol. The first-order chi connectivity index (χ1) is 13.6. The van der Waals surface area contributed by atoms with Crippen molar-refractivity contribution in [3.8, 4) is 5.75 Å². The molecular weight excluding hydrogens is 352 g/mol. The van der Waals surface area contributed by atoms with Crippen LogP contribution in [0, 0.1) is 5.92 Å². The lowest BCUT2D eigenvalue weighted by molar-refractivity contribution is -0.142. The monoisotopic (exact) mass is 386 g/mol. The van der Waals surface area contributed by atoms with E-state index in [-0.39, 0.29) is 17.6 Å². The summed E-state index contributed by atoms with van der Waals surface area (Å²) in [5, 5.41) is 3.34. The molecule has 0 aromatic heterocycles. The maximum Gasteiger partial charge on any atom is 0.251 e. The van der Waals surface area contributed by atoms with E-state index in [0.717, 1.165) is 81.8 Å². The summed E-state index contributed by atoms with van der Waals surface area (Å²) in [6.07, 6.45) is 6.36. The standard InChI is InChI=1S/C23H34N2O3/c1-17(2)15-25-11-13-28-23(16-25)10-4-3-7-21(23)24-22(26)19-8-9-20-18(14-19)6-5-12-27-20/h8-9,14,17,21H,3-7,10-13,15-16H2,1-2H3,(H,24,26)/t21-,23+/m1/s1. The minimum atomic E-state index is -0.238. The van der Waals surface area contributed by atoms with E-state index < -0.39 is 0 Å². The molecule has 28 heavy (non-hydrogen) atoms. The predicted octanol–water partition coefficient (Wildman–Crippen LogP) is 3.41. The Morgan fingerprint density at radius 1 is 1.29 bits per heavy atom. The van der Waals surface area contributed by atoms with E-state index in [0.29, 0.717) is 5.92 Å². The van der Waals surface area contributed by atoms with Crippen molar-refractivity contribution < 1.29 is 14.3 Å². The van der Waals surface area contributed by atoms with Crippen molar-refractivity contribution >= 4 is 5.91 Å². The Hall–Kier alpha value is -1.59. The summed E-state index contributed by atoms with van der Waals surface area (Å²) in [6.45, 7) is 9.07. The molecule has 154 valence electrons. The number of nitrogens with zero attached hydrogens (tertiary/aromatic N) is 1. The van der Waals surface area contributed by atoms with Crippen LogP contribution in [0.1, 0.15) is 61.9 Å². The van der Waals surface area contributed by atoms with Gasteiger partial charge in [-0.05, 0) is 55.4 Å². The van der Waals surface area contributed by atoms with Gasteiger partial charge in [0.25, 0.3) is 5.91 Å². The van der Waals surface area contributed by atoms with E-state index in [1.807, 2.05) is 18.2 Å². The molecule has 0 bridgehead atoms. The largest absolute Gasteiger partial charge is 0.493 e. The Morgan fingerprint density at radius 2 is 2.18 bits per heavy atom. The highest BCUT2D eigenvalue weighted by Gasteiger charge is 2.45. The van der Waals surface area contributed by atoms with Gasteiger partial charge in [0.2, 0.25) is 0 Å². The van der Waals surface area contributed by atoms with Crippen LogP contribution in [0.25, 0.3) is 0 Å². The first-order valence-corrected chi connectivity index (χ1v) is 11.0. The van der Waals surface area contributed by atoms with E-state index in [2.05, 4.69) is 24.1 Å². The number of hydrogen-bond acceptors (Lipinski definition) is 4. The number of morpholine rings is 1. The number of carbonyl (C=O) groups is 1. The fourth-order valence-electron chi connectivity index (χ4n) is 5.07. The summed E-state index contributed by atoms with van der Waals surface area (Å²) in [5.74, 6) is 1.59. The molecule has 1 saturated carbocycles. The lowest BCUT2D eigenvalue weighted by Gasteiger charge is -2.50. The van der Waals surface area contributed by atoms with Gasteiger partial charge in [-0.2, -0.15) is 0 Å². The molecule has 2 aliphatic heterocycles. The van der Waals surface area contributed by atoms with Gasteiger partial charge in [-0.3, -0.25) is 9.69 Å². The smallest absolute Gasteiger partial charge is 0.251 e. The Kier molecular flexibility index (Phi) is 5.93. The highest BCUT2D eigenvalue weighted by atomic mass is 16.5. The van der Waals surface area contributed by atoms with Crippen LogP contribution in [-0.2, 0) is 11.2 Å². The van der Waals surface area contributed by atoms with Gasteiger partial charge in [0.15, 0.2) is 0 Å². The highest BCUT2D eigenvalue weighted by molar-refractivity contribution is 5.95. The third-order valence-electron chi connectivity index (χ3n) is 6.37. The molecule has 1 aromatic rings. The summed E-state index contributed by atoms with van der Waals surface area (Å²) in [6, 6.07) is 5.92. The molecule has 0 radical (unpaired) electrons. The third-order valence-corrected chi connectivity index (χ3v) is 6.37. The summed E-state index contributed by atoms with van der Waals surface area (Å²) in [7, 11) is 0. The number of benzene rings is 1. The van der Waals surface area contributed by atoms with Gasteiger partial charge in [-0.15, -0.1) is 0 Å². The molecule has 1 N–H and O–H groups in total. The molecule has 1 aromatic carbocycles. The fraction of sp³-hybridized carbons (Fsp3) is 0.696. The number of fused-ring (bicyclic) bond motifs is 1. The summed E-state index contributed by atoms with van der Waals surface area (Å²) in [4.78, 5) is 15.6. The Labute approximate surface area is 168 Å². The maximum atomic E-state index is 13.1. The summed E-state index contributed by atoms with van der Waals surface area (Å²) in [5.41, 5.74) is 1.65. The van der Waals surface area contributed by atoms with Crippen molar-refractivity contribution in [1.82, 2.24) is 10.2 Å². The van der Waals surface area contributed by atoms with Crippen molar-refractivity contribution in [2.24, 2.45) is 5.92 Å². The second kappa shape index (κ2) is 8.42. The summed E-state index contributed by atoms with van der Waals surface area (Å²) >= 11 is 0. The second-order valence-corrected chi connectivity index (χ2v) is 9.09. The number of amides is 1. The maximum absolute atomic E-state index is 13.1. The lowest BCUT2D eigenvalue weighted by atomic mass is 9.78. The van der Waals surface area contributed by atoms with Gasteiger partial charge in [0, 0.05) is 25.2 Å². The van der Waals surface area contributed by atoms with Gasteiger partial charge < -0.3 is 14.8 Å². The normalized spacial score (nSPS) is 28.0. The molecule has 2 atom stereocenters. The van der Waals surface area contributed by atoms with Gasteiger partial charge in [-0.1, -0.05) is 26.7 Å². The van der Waals surface area contributed by atoms with Crippen LogP contribution in [0.15, 0.2) is 18.2 Å². The zero-order valence-electron chi connectivity index (χ0n) is 17.3. The van der Waals surface area contributed by atoms with E-state index in [1.165, 1.54) is 6.42 Å². The fourth-order valence-corrected chi connectivity index (χ4v) is 5.07. The first kappa shape index (κ1) is 19.7. The minimum Gasteiger partial charge on any atom is -0.493 e. The van der Waals surface area contributed by atoms with Crippen molar-refractivity contribution in [2.75, 3.05) is 32.8 Å². The number of hydrogen-bond donors (Lipinski definition) is 1. The SMILES string of the molecule is CC(C)CN1CCO[C@@]2(CCCC[C@H]2NC(=O)c2ccc3c(c2)CCCO3)C1. The molecule has 1 saturated heterocycles. The predicted molar refractivity (Wildman–Crippen MR) is 110 cm³/mol.